The smallest absolute Gasteiger partial charge is 0.307 e. The van der Waals surface area contributed by atoms with Crippen molar-refractivity contribution in [1.82, 2.24) is 0 Å². The first-order valence-corrected chi connectivity index (χ1v) is 7.76. The Balaban J connectivity index is 2.23. The van der Waals surface area contributed by atoms with Crippen LogP contribution in [0.5, 0.6) is 0 Å². The van der Waals surface area contributed by atoms with Gasteiger partial charge in [0, 0.05) is 0 Å². The normalized spacial score (nSPS) is 19.3. The van der Waals surface area contributed by atoms with Crippen molar-refractivity contribution in [1.29, 1.82) is 0 Å². The monoisotopic (exact) mass is 280 g/mol. The maximum atomic E-state index is 12.4. The summed E-state index contributed by atoms with van der Waals surface area (Å²) in [6, 6.07) is 6.12. The summed E-state index contributed by atoms with van der Waals surface area (Å²) >= 11 is 0. The van der Waals surface area contributed by atoms with Crippen LogP contribution < -0.4 is 0 Å². The van der Waals surface area contributed by atoms with Crippen molar-refractivity contribution in [2.45, 2.75) is 35.8 Å². The van der Waals surface area contributed by atoms with Gasteiger partial charge in [0.1, 0.15) is 0 Å². The highest BCUT2D eigenvalue weighted by molar-refractivity contribution is 7.92. The first-order valence-electron chi connectivity index (χ1n) is 6.21. The summed E-state index contributed by atoms with van der Waals surface area (Å²) < 4.78 is 24.7. The number of carboxylic acid groups (broad SMARTS) is 1. The molecule has 0 saturated carbocycles. The fourth-order valence-electron chi connectivity index (χ4n) is 2.19. The molecule has 2 rings (SSSR count). The lowest BCUT2D eigenvalue weighted by Gasteiger charge is -2.17. The van der Waals surface area contributed by atoms with Crippen LogP contribution in [0, 0.1) is 0 Å². The van der Waals surface area contributed by atoms with E-state index in [0.29, 0.717) is 12.0 Å². The zero-order valence-electron chi connectivity index (χ0n) is 10.5. The molecular formula is C14H16O4S. The second kappa shape index (κ2) is 5.57. The highest BCUT2D eigenvalue weighted by atomic mass is 32.2. The molecule has 1 aliphatic carbocycles. The fraction of sp³-hybridized carbons (Fsp3) is 0.357. The Morgan fingerprint density at radius 2 is 1.95 bits per heavy atom. The van der Waals surface area contributed by atoms with E-state index in [-0.39, 0.29) is 11.3 Å². The van der Waals surface area contributed by atoms with Crippen molar-refractivity contribution >= 4 is 15.8 Å². The van der Waals surface area contributed by atoms with Crippen LogP contribution in [0.25, 0.3) is 0 Å². The van der Waals surface area contributed by atoms with E-state index in [0.717, 1.165) is 12.8 Å². The van der Waals surface area contributed by atoms with E-state index in [4.69, 9.17) is 5.11 Å². The SMILES string of the molecule is O=C(O)Cc1ccc(S(=O)(=O)C2C=CCCC2)cc1. The third-order valence-corrected chi connectivity index (χ3v) is 5.34. The summed E-state index contributed by atoms with van der Waals surface area (Å²) in [6.07, 6.45) is 6.04. The summed E-state index contributed by atoms with van der Waals surface area (Å²) in [5.41, 5.74) is 0.602. The molecule has 0 aromatic heterocycles. The van der Waals surface area contributed by atoms with E-state index in [2.05, 4.69) is 0 Å². The Labute approximate surface area is 112 Å². The minimum Gasteiger partial charge on any atom is -0.481 e. The van der Waals surface area contributed by atoms with Crippen LogP contribution in [0.2, 0.25) is 0 Å². The van der Waals surface area contributed by atoms with Crippen LogP contribution in [0.1, 0.15) is 24.8 Å². The Morgan fingerprint density at radius 1 is 1.26 bits per heavy atom. The van der Waals surface area contributed by atoms with Gasteiger partial charge < -0.3 is 5.11 Å². The molecule has 1 aliphatic rings. The molecule has 102 valence electrons. The number of carboxylic acids is 1. The maximum absolute atomic E-state index is 12.4. The number of hydrogen-bond acceptors (Lipinski definition) is 3. The minimum absolute atomic E-state index is 0.0936. The van der Waals surface area contributed by atoms with Crippen LogP contribution in [-0.2, 0) is 21.1 Å². The van der Waals surface area contributed by atoms with Gasteiger partial charge in [-0.05, 0) is 37.0 Å². The number of benzene rings is 1. The molecule has 4 nitrogen and oxygen atoms in total. The molecule has 0 radical (unpaired) electrons. The molecule has 0 amide bonds. The average Bonchev–Trinajstić information content (AvgIpc) is 2.40. The molecule has 1 atom stereocenters. The Hall–Kier alpha value is -1.62. The molecule has 1 unspecified atom stereocenters. The van der Waals surface area contributed by atoms with Gasteiger partial charge in [-0.25, -0.2) is 8.42 Å². The number of allylic oxidation sites excluding steroid dienone is 1. The number of aliphatic carboxylic acids is 1. The third-order valence-electron chi connectivity index (χ3n) is 3.22. The first-order chi connectivity index (χ1) is 9.00. The molecule has 1 aromatic rings. The predicted molar refractivity (Wildman–Crippen MR) is 71.7 cm³/mol. The summed E-state index contributed by atoms with van der Waals surface area (Å²) in [5.74, 6) is -0.925. The zero-order chi connectivity index (χ0) is 13.9. The third kappa shape index (κ3) is 3.23. The molecule has 0 spiro atoms. The number of sulfone groups is 1. The highest BCUT2D eigenvalue weighted by Gasteiger charge is 2.26. The van der Waals surface area contributed by atoms with Gasteiger partial charge in [-0.15, -0.1) is 0 Å². The van der Waals surface area contributed by atoms with E-state index in [1.807, 2.05) is 6.08 Å². The highest BCUT2D eigenvalue weighted by Crippen LogP contribution is 2.24. The minimum atomic E-state index is -3.34. The first kappa shape index (κ1) is 13.8. The summed E-state index contributed by atoms with van der Waals surface area (Å²) in [7, 11) is -3.34. The van der Waals surface area contributed by atoms with Gasteiger partial charge in [-0.2, -0.15) is 0 Å². The van der Waals surface area contributed by atoms with E-state index in [1.54, 1.807) is 18.2 Å². The van der Waals surface area contributed by atoms with E-state index < -0.39 is 21.1 Å². The predicted octanol–water partition coefficient (Wildman–Crippen LogP) is 2.20. The number of carbonyl (C=O) groups is 1. The van der Waals surface area contributed by atoms with E-state index in [9.17, 15) is 13.2 Å². The van der Waals surface area contributed by atoms with Gasteiger partial charge in [0.05, 0.1) is 16.6 Å². The van der Waals surface area contributed by atoms with Gasteiger partial charge in [0.25, 0.3) is 0 Å². The van der Waals surface area contributed by atoms with Crippen LogP contribution in [0.15, 0.2) is 41.3 Å². The standard InChI is InChI=1S/C14H16O4S/c15-14(16)10-11-6-8-13(9-7-11)19(17,18)12-4-2-1-3-5-12/h2,4,6-9,12H,1,3,5,10H2,(H,15,16). The molecule has 0 bridgehead atoms. The van der Waals surface area contributed by atoms with Gasteiger partial charge in [-0.1, -0.05) is 24.3 Å². The van der Waals surface area contributed by atoms with Gasteiger partial charge in [0.2, 0.25) is 0 Å². The number of hydrogen-bond donors (Lipinski definition) is 1. The molecule has 0 saturated heterocycles. The van der Waals surface area contributed by atoms with Crippen molar-refractivity contribution in [3.05, 3.63) is 42.0 Å². The van der Waals surface area contributed by atoms with Gasteiger partial charge >= 0.3 is 5.97 Å². The zero-order valence-corrected chi connectivity index (χ0v) is 11.3. The summed E-state index contributed by atoms with van der Waals surface area (Å²) in [4.78, 5) is 10.8. The topological polar surface area (TPSA) is 71.4 Å². The van der Waals surface area contributed by atoms with E-state index in [1.165, 1.54) is 12.1 Å². The fourth-order valence-corrected chi connectivity index (χ4v) is 3.85. The van der Waals surface area contributed by atoms with Crippen LogP contribution in [-0.4, -0.2) is 24.7 Å². The lowest BCUT2D eigenvalue weighted by Crippen LogP contribution is -2.21. The van der Waals surface area contributed by atoms with Crippen LogP contribution in [0.4, 0.5) is 0 Å². The van der Waals surface area contributed by atoms with Gasteiger partial charge in [0.15, 0.2) is 9.84 Å². The number of rotatable bonds is 4. The van der Waals surface area contributed by atoms with Crippen LogP contribution >= 0.6 is 0 Å². The maximum Gasteiger partial charge on any atom is 0.307 e. The molecule has 1 aromatic carbocycles. The average molecular weight is 280 g/mol. The molecule has 0 heterocycles. The van der Waals surface area contributed by atoms with Crippen LogP contribution in [0.3, 0.4) is 0 Å². The van der Waals surface area contributed by atoms with Gasteiger partial charge in [-0.3, -0.25) is 4.79 Å². The lowest BCUT2D eigenvalue weighted by molar-refractivity contribution is -0.136. The molecule has 0 aliphatic heterocycles. The Morgan fingerprint density at radius 3 is 2.47 bits per heavy atom. The second-order valence-electron chi connectivity index (χ2n) is 4.66. The second-order valence-corrected chi connectivity index (χ2v) is 6.82. The van der Waals surface area contributed by atoms with Crippen molar-refractivity contribution in [2.75, 3.05) is 0 Å². The molecule has 1 N–H and O–H groups in total. The lowest BCUT2D eigenvalue weighted by atomic mass is 10.1. The Kier molecular flexibility index (Phi) is 4.04. The van der Waals surface area contributed by atoms with Crippen molar-refractivity contribution in [3.8, 4) is 0 Å². The van der Waals surface area contributed by atoms with E-state index >= 15 is 0 Å². The molecular weight excluding hydrogens is 264 g/mol. The van der Waals surface area contributed by atoms with Crippen molar-refractivity contribution < 1.29 is 18.3 Å². The molecule has 0 fully saturated rings. The largest absolute Gasteiger partial charge is 0.481 e. The summed E-state index contributed by atoms with van der Waals surface area (Å²) in [6.45, 7) is 0. The molecule has 5 heteroatoms. The van der Waals surface area contributed by atoms with Crippen molar-refractivity contribution in [2.24, 2.45) is 0 Å². The quantitative estimate of drug-likeness (QED) is 0.858. The molecule has 19 heavy (non-hydrogen) atoms. The van der Waals surface area contributed by atoms with Crippen molar-refractivity contribution in [3.63, 3.8) is 0 Å². The summed E-state index contributed by atoms with van der Waals surface area (Å²) in [5, 5.41) is 8.22. The Bertz CT molecular complexity index is 584.